The molecule has 20 heavy (non-hydrogen) atoms. The summed E-state index contributed by atoms with van der Waals surface area (Å²) in [6.07, 6.45) is -2.32. The largest absolute Gasteiger partial charge is 0.412 e. The third-order valence-corrected chi connectivity index (χ3v) is 3.15. The summed E-state index contributed by atoms with van der Waals surface area (Å²) >= 11 is 0. The fraction of sp³-hybridized carbons (Fsp3) is 0.385. The molecule has 1 amide bonds. The van der Waals surface area contributed by atoms with Gasteiger partial charge in [-0.2, -0.15) is 13.2 Å². The highest BCUT2D eigenvalue weighted by Crippen LogP contribution is 2.30. The molecule has 4 nitrogen and oxygen atoms in total. The number of hydrogen-bond acceptors (Lipinski definition) is 2. The molecule has 0 saturated carbocycles. The maximum Gasteiger partial charge on any atom is 0.412 e. The van der Waals surface area contributed by atoms with E-state index in [0.29, 0.717) is 5.69 Å². The summed E-state index contributed by atoms with van der Waals surface area (Å²) in [5.41, 5.74) is -0.500. The van der Waals surface area contributed by atoms with Gasteiger partial charge in [0.2, 0.25) is 0 Å². The highest BCUT2D eigenvalue weighted by molar-refractivity contribution is 5.94. The van der Waals surface area contributed by atoms with Gasteiger partial charge in [0, 0.05) is 36.6 Å². The molecule has 7 heteroatoms. The number of aromatic nitrogens is 1. The van der Waals surface area contributed by atoms with Crippen molar-refractivity contribution in [1.82, 2.24) is 9.88 Å². The molecular weight excluding hydrogens is 273 g/mol. The molecule has 108 valence electrons. The van der Waals surface area contributed by atoms with Gasteiger partial charge in [-0.15, -0.1) is 0 Å². The van der Waals surface area contributed by atoms with E-state index in [2.05, 4.69) is 4.98 Å². The first-order valence-electron chi connectivity index (χ1n) is 6.04. The van der Waals surface area contributed by atoms with Crippen LogP contribution in [0.25, 0.3) is 0 Å². The maximum absolute atomic E-state index is 12.5. The van der Waals surface area contributed by atoms with Crippen LogP contribution in [0.4, 0.5) is 13.2 Å². The molecular formula is C13H13F3N2O2. The van der Waals surface area contributed by atoms with Crippen LogP contribution in [0.2, 0.25) is 0 Å². The SMILES string of the molecule is Cc1cc(=O)c(C(=O)N2CC=C(C(F)(F)F)CC2)c[nH]1. The number of pyridine rings is 1. The van der Waals surface area contributed by atoms with Gasteiger partial charge in [0.1, 0.15) is 5.56 Å². The standard InChI is InChI=1S/C13H13F3N2O2/c1-8-6-11(19)10(7-17-8)12(20)18-4-2-9(3-5-18)13(14,15)16/h2,6-7H,3-5H2,1H3,(H,17,19). The molecule has 0 saturated heterocycles. The van der Waals surface area contributed by atoms with Crippen LogP contribution in [0, 0.1) is 6.92 Å². The number of hydrogen-bond donors (Lipinski definition) is 1. The van der Waals surface area contributed by atoms with Crippen molar-refractivity contribution in [3.63, 3.8) is 0 Å². The first kappa shape index (κ1) is 14.4. The number of alkyl halides is 3. The number of aromatic amines is 1. The Bertz CT molecular complexity index is 617. The van der Waals surface area contributed by atoms with Crippen LogP contribution in [0.1, 0.15) is 22.5 Å². The minimum Gasteiger partial charge on any atom is -0.364 e. The maximum atomic E-state index is 12.5. The molecule has 0 fully saturated rings. The Morgan fingerprint density at radius 2 is 2.10 bits per heavy atom. The molecule has 0 aromatic carbocycles. The zero-order valence-electron chi connectivity index (χ0n) is 10.8. The van der Waals surface area contributed by atoms with Crippen molar-refractivity contribution in [1.29, 1.82) is 0 Å². The van der Waals surface area contributed by atoms with E-state index in [1.807, 2.05) is 0 Å². The van der Waals surface area contributed by atoms with Crippen LogP contribution in [0.5, 0.6) is 0 Å². The van der Waals surface area contributed by atoms with Gasteiger partial charge >= 0.3 is 6.18 Å². The Morgan fingerprint density at radius 3 is 2.60 bits per heavy atom. The number of carbonyl (C=O) groups excluding carboxylic acids is 1. The van der Waals surface area contributed by atoms with Gasteiger partial charge in [-0.3, -0.25) is 9.59 Å². The zero-order valence-corrected chi connectivity index (χ0v) is 10.8. The minimum absolute atomic E-state index is 0.0442. The minimum atomic E-state index is -4.35. The van der Waals surface area contributed by atoms with E-state index >= 15 is 0 Å². The number of nitrogens with one attached hydrogen (secondary N) is 1. The Hall–Kier alpha value is -2.05. The second-order valence-corrected chi connectivity index (χ2v) is 4.62. The highest BCUT2D eigenvalue weighted by Gasteiger charge is 2.35. The Balaban J connectivity index is 2.17. The van der Waals surface area contributed by atoms with E-state index in [1.165, 1.54) is 17.2 Å². The van der Waals surface area contributed by atoms with Crippen molar-refractivity contribution in [3.05, 3.63) is 45.4 Å². The summed E-state index contributed by atoms with van der Waals surface area (Å²) in [5.74, 6) is -0.552. The van der Waals surface area contributed by atoms with Crippen LogP contribution in [0.15, 0.2) is 28.7 Å². The van der Waals surface area contributed by atoms with E-state index < -0.39 is 23.1 Å². The lowest BCUT2D eigenvalue weighted by Gasteiger charge is -2.27. The second-order valence-electron chi connectivity index (χ2n) is 4.62. The van der Waals surface area contributed by atoms with E-state index in [9.17, 15) is 22.8 Å². The first-order valence-corrected chi connectivity index (χ1v) is 6.04. The summed E-state index contributed by atoms with van der Waals surface area (Å²) in [6, 6.07) is 1.29. The fourth-order valence-corrected chi connectivity index (χ4v) is 2.02. The molecule has 1 aromatic heterocycles. The normalized spacial score (nSPS) is 16.0. The van der Waals surface area contributed by atoms with Gasteiger partial charge in [-0.25, -0.2) is 0 Å². The Morgan fingerprint density at radius 1 is 1.40 bits per heavy atom. The monoisotopic (exact) mass is 286 g/mol. The molecule has 0 atom stereocenters. The van der Waals surface area contributed by atoms with Crippen LogP contribution in [0.3, 0.4) is 0 Å². The molecule has 0 bridgehead atoms. The van der Waals surface area contributed by atoms with Gasteiger partial charge in [-0.05, 0) is 13.3 Å². The quantitative estimate of drug-likeness (QED) is 0.803. The smallest absolute Gasteiger partial charge is 0.364 e. The van der Waals surface area contributed by atoms with Gasteiger partial charge in [0.25, 0.3) is 5.91 Å². The predicted molar refractivity (Wildman–Crippen MR) is 66.5 cm³/mol. The van der Waals surface area contributed by atoms with Crippen LogP contribution in [-0.4, -0.2) is 35.1 Å². The Kier molecular flexibility index (Phi) is 3.69. The molecule has 2 heterocycles. The molecule has 0 spiro atoms. The van der Waals surface area contributed by atoms with Crippen molar-refractivity contribution in [3.8, 4) is 0 Å². The molecule has 0 unspecified atom stereocenters. The lowest BCUT2D eigenvalue weighted by atomic mass is 10.1. The predicted octanol–water partition coefficient (Wildman–Crippen LogP) is 2.02. The van der Waals surface area contributed by atoms with Gasteiger partial charge in [0.15, 0.2) is 5.43 Å². The molecule has 0 aliphatic carbocycles. The van der Waals surface area contributed by atoms with Crippen molar-refractivity contribution in [2.75, 3.05) is 13.1 Å². The third-order valence-electron chi connectivity index (χ3n) is 3.15. The molecule has 1 N–H and O–H groups in total. The van der Waals surface area contributed by atoms with Crippen LogP contribution in [-0.2, 0) is 0 Å². The average molecular weight is 286 g/mol. The fourth-order valence-electron chi connectivity index (χ4n) is 2.02. The third kappa shape index (κ3) is 2.92. The second kappa shape index (κ2) is 5.15. The number of amides is 1. The van der Waals surface area contributed by atoms with E-state index in [-0.39, 0.29) is 25.1 Å². The van der Waals surface area contributed by atoms with Gasteiger partial charge in [-0.1, -0.05) is 6.08 Å². The van der Waals surface area contributed by atoms with Crippen molar-refractivity contribution in [2.24, 2.45) is 0 Å². The van der Waals surface area contributed by atoms with E-state index in [4.69, 9.17) is 0 Å². The summed E-state index contributed by atoms with van der Waals surface area (Å²) in [7, 11) is 0. The number of carbonyl (C=O) groups is 1. The number of aryl methyl sites for hydroxylation is 1. The van der Waals surface area contributed by atoms with Crippen LogP contribution < -0.4 is 5.43 Å². The molecule has 1 aromatic rings. The lowest BCUT2D eigenvalue weighted by Crippen LogP contribution is -2.38. The summed E-state index contributed by atoms with van der Waals surface area (Å²) < 4.78 is 37.4. The lowest BCUT2D eigenvalue weighted by molar-refractivity contribution is -0.0957. The first-order chi connectivity index (χ1) is 9.29. The summed E-state index contributed by atoms with van der Waals surface area (Å²) in [6.45, 7) is 1.49. The molecule has 1 aliphatic rings. The van der Waals surface area contributed by atoms with E-state index in [0.717, 1.165) is 6.08 Å². The van der Waals surface area contributed by atoms with Gasteiger partial charge < -0.3 is 9.88 Å². The number of H-pyrrole nitrogens is 1. The average Bonchev–Trinajstić information content (AvgIpc) is 2.37. The summed E-state index contributed by atoms with van der Waals surface area (Å²) in [5, 5.41) is 0. The molecule has 0 radical (unpaired) electrons. The topological polar surface area (TPSA) is 53.2 Å². The number of nitrogens with zero attached hydrogens (tertiary/aromatic N) is 1. The van der Waals surface area contributed by atoms with Crippen molar-refractivity contribution in [2.45, 2.75) is 19.5 Å². The zero-order chi connectivity index (χ0) is 14.9. The van der Waals surface area contributed by atoms with E-state index in [1.54, 1.807) is 6.92 Å². The van der Waals surface area contributed by atoms with Crippen LogP contribution >= 0.6 is 0 Å². The Labute approximate surface area is 112 Å². The molecule has 2 rings (SSSR count). The van der Waals surface area contributed by atoms with Crippen molar-refractivity contribution >= 4 is 5.91 Å². The number of halogens is 3. The summed E-state index contributed by atoms with van der Waals surface area (Å²) in [4.78, 5) is 27.8. The van der Waals surface area contributed by atoms with Crippen molar-refractivity contribution < 1.29 is 18.0 Å². The number of rotatable bonds is 1. The molecule has 1 aliphatic heterocycles. The van der Waals surface area contributed by atoms with Gasteiger partial charge in [0.05, 0.1) is 0 Å². The highest BCUT2D eigenvalue weighted by atomic mass is 19.4.